The van der Waals surface area contributed by atoms with Crippen molar-refractivity contribution < 1.29 is 19.2 Å². The monoisotopic (exact) mass is 456 g/mol. The summed E-state index contributed by atoms with van der Waals surface area (Å²) in [6.07, 6.45) is 1.52. The minimum Gasteiger partial charge on any atom is -0.494 e. The SMILES string of the molecule is COc1cc([N+](=O)[O-])ccc1-n1c(C)cc(/C=N\NC(=O)COc2ccccc2Cl)c1C. The zero-order valence-electron chi connectivity index (χ0n) is 17.7. The van der Waals surface area contributed by atoms with Gasteiger partial charge in [-0.05, 0) is 38.1 Å². The third-order valence-electron chi connectivity index (χ3n) is 4.67. The van der Waals surface area contributed by atoms with Crippen molar-refractivity contribution in [3.8, 4) is 17.2 Å². The Kier molecular flexibility index (Phi) is 7.11. The molecule has 0 aliphatic heterocycles. The molecule has 2 aromatic carbocycles. The minimum absolute atomic E-state index is 0.0587. The Bertz CT molecular complexity index is 1190. The summed E-state index contributed by atoms with van der Waals surface area (Å²) in [5, 5.41) is 15.5. The van der Waals surface area contributed by atoms with E-state index < -0.39 is 10.8 Å². The molecule has 0 fully saturated rings. The molecule has 0 spiro atoms. The van der Waals surface area contributed by atoms with Gasteiger partial charge < -0.3 is 14.0 Å². The number of amides is 1. The number of ether oxygens (including phenoxy) is 2. The number of aryl methyl sites for hydroxylation is 1. The number of carbonyl (C=O) groups excluding carboxylic acids is 1. The lowest BCUT2D eigenvalue weighted by atomic mass is 10.2. The van der Waals surface area contributed by atoms with Crippen LogP contribution in [0.2, 0.25) is 5.02 Å². The predicted octanol–water partition coefficient (Wildman–Crippen LogP) is 4.19. The Balaban J connectivity index is 1.72. The summed E-state index contributed by atoms with van der Waals surface area (Å²) >= 11 is 5.99. The minimum atomic E-state index is -0.474. The Hall–Kier alpha value is -3.85. The van der Waals surface area contributed by atoms with Crippen LogP contribution in [0.15, 0.2) is 53.6 Å². The molecular weight excluding hydrogens is 436 g/mol. The number of nitrogens with one attached hydrogen (secondary N) is 1. The second-order valence-electron chi connectivity index (χ2n) is 6.79. The van der Waals surface area contributed by atoms with Crippen LogP contribution in [0, 0.1) is 24.0 Å². The third kappa shape index (κ3) is 5.06. The lowest BCUT2D eigenvalue weighted by molar-refractivity contribution is -0.384. The number of halogens is 1. The van der Waals surface area contributed by atoms with Crippen LogP contribution in [0.5, 0.6) is 11.5 Å². The first-order valence-electron chi connectivity index (χ1n) is 9.52. The quantitative estimate of drug-likeness (QED) is 0.310. The fraction of sp³-hybridized carbons (Fsp3) is 0.182. The van der Waals surface area contributed by atoms with E-state index in [4.69, 9.17) is 21.1 Å². The molecule has 0 radical (unpaired) electrons. The summed E-state index contributed by atoms with van der Waals surface area (Å²) in [5.41, 5.74) is 5.46. The maximum atomic E-state index is 12.0. The van der Waals surface area contributed by atoms with E-state index in [1.807, 2.05) is 24.5 Å². The average Bonchev–Trinajstić information content (AvgIpc) is 3.05. The number of para-hydroxylation sites is 1. The lowest BCUT2D eigenvalue weighted by Crippen LogP contribution is -2.24. The molecule has 1 amide bonds. The number of nitrogens with zero attached hydrogens (tertiary/aromatic N) is 3. The largest absolute Gasteiger partial charge is 0.494 e. The van der Waals surface area contributed by atoms with Crippen LogP contribution in [0.25, 0.3) is 5.69 Å². The maximum absolute atomic E-state index is 12.0. The van der Waals surface area contributed by atoms with Gasteiger partial charge in [0.25, 0.3) is 11.6 Å². The topological polar surface area (TPSA) is 108 Å². The number of aromatic nitrogens is 1. The fourth-order valence-electron chi connectivity index (χ4n) is 3.16. The summed E-state index contributed by atoms with van der Waals surface area (Å²) in [4.78, 5) is 22.6. The van der Waals surface area contributed by atoms with Crippen LogP contribution in [-0.4, -0.2) is 35.3 Å². The van der Waals surface area contributed by atoms with Crippen molar-refractivity contribution in [2.75, 3.05) is 13.7 Å². The van der Waals surface area contributed by atoms with Gasteiger partial charge in [-0.25, -0.2) is 5.43 Å². The summed E-state index contributed by atoms with van der Waals surface area (Å²) < 4.78 is 12.6. The molecule has 166 valence electrons. The van der Waals surface area contributed by atoms with E-state index in [-0.39, 0.29) is 12.3 Å². The van der Waals surface area contributed by atoms with E-state index in [1.54, 1.807) is 30.3 Å². The van der Waals surface area contributed by atoms with Gasteiger partial charge in [0.15, 0.2) is 6.61 Å². The summed E-state index contributed by atoms with van der Waals surface area (Å²) in [6.45, 7) is 3.53. The number of hydrazone groups is 1. The molecule has 3 rings (SSSR count). The molecule has 3 aromatic rings. The van der Waals surface area contributed by atoms with Gasteiger partial charge in [0, 0.05) is 23.0 Å². The molecule has 0 saturated heterocycles. The van der Waals surface area contributed by atoms with Gasteiger partial charge in [0.05, 0.1) is 35.0 Å². The van der Waals surface area contributed by atoms with Crippen LogP contribution in [0.4, 0.5) is 5.69 Å². The number of benzene rings is 2. The van der Waals surface area contributed by atoms with Gasteiger partial charge in [-0.15, -0.1) is 0 Å². The van der Waals surface area contributed by atoms with Crippen molar-refractivity contribution >= 4 is 29.4 Å². The zero-order chi connectivity index (χ0) is 23.3. The summed E-state index contributed by atoms with van der Waals surface area (Å²) in [6, 6.07) is 13.2. The first-order valence-corrected chi connectivity index (χ1v) is 9.90. The van der Waals surface area contributed by atoms with Crippen molar-refractivity contribution in [2.45, 2.75) is 13.8 Å². The Morgan fingerprint density at radius 1 is 1.22 bits per heavy atom. The first-order chi connectivity index (χ1) is 15.3. The number of carbonyl (C=O) groups is 1. The first kappa shape index (κ1) is 22.8. The van der Waals surface area contributed by atoms with Gasteiger partial charge in [0.1, 0.15) is 11.5 Å². The third-order valence-corrected chi connectivity index (χ3v) is 4.99. The molecule has 9 nitrogen and oxygen atoms in total. The number of methoxy groups -OCH3 is 1. The van der Waals surface area contributed by atoms with Crippen molar-refractivity contribution in [3.63, 3.8) is 0 Å². The highest BCUT2D eigenvalue weighted by Gasteiger charge is 2.17. The van der Waals surface area contributed by atoms with Gasteiger partial charge in [-0.2, -0.15) is 5.10 Å². The average molecular weight is 457 g/mol. The van der Waals surface area contributed by atoms with Crippen molar-refractivity contribution in [1.82, 2.24) is 9.99 Å². The smallest absolute Gasteiger partial charge is 0.277 e. The van der Waals surface area contributed by atoms with Crippen molar-refractivity contribution in [3.05, 3.63) is 80.6 Å². The van der Waals surface area contributed by atoms with Crippen LogP contribution >= 0.6 is 11.6 Å². The molecule has 1 N–H and O–H groups in total. The van der Waals surface area contributed by atoms with Crippen LogP contribution in [0.1, 0.15) is 17.0 Å². The van der Waals surface area contributed by atoms with Gasteiger partial charge in [-0.3, -0.25) is 14.9 Å². The number of rotatable bonds is 8. The molecule has 0 aliphatic rings. The molecule has 0 atom stereocenters. The molecule has 0 saturated carbocycles. The number of hydrogen-bond acceptors (Lipinski definition) is 6. The highest BCUT2D eigenvalue weighted by Crippen LogP contribution is 2.31. The summed E-state index contributed by atoms with van der Waals surface area (Å²) in [7, 11) is 1.46. The number of hydrogen-bond donors (Lipinski definition) is 1. The van der Waals surface area contributed by atoms with E-state index in [0.717, 1.165) is 17.0 Å². The number of nitro benzene ring substituents is 1. The Labute approximate surface area is 189 Å². The van der Waals surface area contributed by atoms with Crippen LogP contribution in [-0.2, 0) is 4.79 Å². The van der Waals surface area contributed by atoms with Crippen LogP contribution < -0.4 is 14.9 Å². The second kappa shape index (κ2) is 9.97. The Morgan fingerprint density at radius 3 is 2.66 bits per heavy atom. The standard InChI is InChI=1S/C22H21ClN4O5/c1-14-10-16(12-24-25-22(28)13-32-20-7-5-4-6-18(20)23)15(2)26(14)19-9-8-17(27(29)30)11-21(19)31-3/h4-12H,13H2,1-3H3,(H,25,28)/b24-12-. The van der Waals surface area contributed by atoms with E-state index in [9.17, 15) is 14.9 Å². The fourth-order valence-corrected chi connectivity index (χ4v) is 3.36. The molecule has 0 aliphatic carbocycles. The van der Waals surface area contributed by atoms with E-state index in [0.29, 0.717) is 22.2 Å². The molecule has 1 aromatic heterocycles. The molecule has 10 heteroatoms. The molecule has 1 heterocycles. The highest BCUT2D eigenvalue weighted by atomic mass is 35.5. The van der Waals surface area contributed by atoms with E-state index in [2.05, 4.69) is 10.5 Å². The van der Waals surface area contributed by atoms with E-state index in [1.165, 1.54) is 25.5 Å². The Morgan fingerprint density at radius 2 is 1.97 bits per heavy atom. The molecule has 32 heavy (non-hydrogen) atoms. The van der Waals surface area contributed by atoms with Crippen LogP contribution in [0.3, 0.4) is 0 Å². The normalized spacial score (nSPS) is 10.9. The lowest BCUT2D eigenvalue weighted by Gasteiger charge is -2.13. The van der Waals surface area contributed by atoms with Gasteiger partial charge >= 0.3 is 0 Å². The molecule has 0 unspecified atom stereocenters. The highest BCUT2D eigenvalue weighted by molar-refractivity contribution is 6.32. The zero-order valence-corrected chi connectivity index (χ0v) is 18.4. The van der Waals surface area contributed by atoms with E-state index >= 15 is 0 Å². The second-order valence-corrected chi connectivity index (χ2v) is 7.19. The van der Waals surface area contributed by atoms with Gasteiger partial charge in [-0.1, -0.05) is 23.7 Å². The molecule has 0 bridgehead atoms. The number of non-ortho nitro benzene ring substituents is 1. The van der Waals surface area contributed by atoms with Gasteiger partial charge in [0.2, 0.25) is 0 Å². The van der Waals surface area contributed by atoms with Crippen molar-refractivity contribution in [2.24, 2.45) is 5.10 Å². The van der Waals surface area contributed by atoms with Crippen molar-refractivity contribution in [1.29, 1.82) is 0 Å². The molecular formula is C22H21ClN4O5. The number of nitro groups is 1. The maximum Gasteiger partial charge on any atom is 0.277 e. The predicted molar refractivity (Wildman–Crippen MR) is 121 cm³/mol. The summed E-state index contributed by atoms with van der Waals surface area (Å²) in [5.74, 6) is 0.343.